The third kappa shape index (κ3) is 5.28. The molecule has 1 aromatic carbocycles. The number of hydrogen-bond donors (Lipinski definition) is 1. The van der Waals surface area contributed by atoms with E-state index < -0.39 is 0 Å². The first-order valence-corrected chi connectivity index (χ1v) is 7.71. The minimum atomic E-state index is -0.317. The highest BCUT2D eigenvalue weighted by atomic mass is 19.1. The van der Waals surface area contributed by atoms with Crippen molar-refractivity contribution in [2.24, 2.45) is 0 Å². The second-order valence-electron chi connectivity index (χ2n) is 5.24. The molecule has 0 aliphatic carbocycles. The Morgan fingerprint density at radius 2 is 2.08 bits per heavy atom. The molecule has 0 amide bonds. The highest BCUT2D eigenvalue weighted by molar-refractivity contribution is 5.26. The summed E-state index contributed by atoms with van der Waals surface area (Å²) in [6.45, 7) is 0.408. The minimum absolute atomic E-state index is 0.173. The fourth-order valence-corrected chi connectivity index (χ4v) is 2.10. The number of aliphatic hydroxyl groups is 1. The zero-order valence-electron chi connectivity index (χ0n) is 14.2. The van der Waals surface area contributed by atoms with Crippen LogP contribution in [0.1, 0.15) is 5.56 Å². The van der Waals surface area contributed by atoms with Crippen LogP contribution in [0.25, 0.3) is 0 Å². The van der Waals surface area contributed by atoms with Gasteiger partial charge < -0.3 is 19.1 Å². The summed E-state index contributed by atoms with van der Waals surface area (Å²) in [5.74, 6) is 2.26. The molecule has 26 heavy (non-hydrogen) atoms. The van der Waals surface area contributed by atoms with Gasteiger partial charge in [0.2, 0.25) is 0 Å². The van der Waals surface area contributed by atoms with Crippen LogP contribution in [-0.4, -0.2) is 16.8 Å². The van der Waals surface area contributed by atoms with Crippen molar-refractivity contribution >= 4 is 0 Å². The molecule has 0 aliphatic heterocycles. The molecule has 1 aromatic heterocycles. The average molecular weight is 355 g/mol. The summed E-state index contributed by atoms with van der Waals surface area (Å²) in [4.78, 5) is 12.1. The van der Waals surface area contributed by atoms with Gasteiger partial charge in [0.15, 0.2) is 11.5 Å². The lowest BCUT2D eigenvalue weighted by Crippen LogP contribution is -2.18. The molecule has 2 aromatic rings. The van der Waals surface area contributed by atoms with Crippen LogP contribution in [-0.2, 0) is 17.9 Å². The molecule has 0 atom stereocenters. The normalized spacial score (nSPS) is 11.7. The van der Waals surface area contributed by atoms with Crippen molar-refractivity contribution in [2.45, 2.75) is 13.2 Å². The maximum absolute atomic E-state index is 12.9. The van der Waals surface area contributed by atoms with Crippen LogP contribution in [0.15, 0.2) is 71.1 Å². The molecule has 2 rings (SSSR count). The molecule has 0 radical (unpaired) electrons. The van der Waals surface area contributed by atoms with Crippen LogP contribution in [0.5, 0.6) is 5.75 Å². The molecule has 5 nitrogen and oxygen atoms in total. The van der Waals surface area contributed by atoms with E-state index >= 15 is 0 Å². The van der Waals surface area contributed by atoms with Crippen LogP contribution in [0.2, 0.25) is 0 Å². The number of allylic oxidation sites excluding steroid dienone is 2. The van der Waals surface area contributed by atoms with Crippen molar-refractivity contribution in [3.05, 3.63) is 88.0 Å². The number of pyridine rings is 1. The number of terminal acetylenes is 1. The van der Waals surface area contributed by atoms with Gasteiger partial charge in [-0.2, -0.15) is 0 Å². The molecular formula is C20H18FNO4. The molecule has 0 spiro atoms. The Labute approximate surface area is 150 Å². The van der Waals surface area contributed by atoms with Crippen molar-refractivity contribution in [1.82, 2.24) is 4.57 Å². The monoisotopic (exact) mass is 355 g/mol. The minimum Gasteiger partial charge on any atom is -0.504 e. The number of aliphatic hydroxyl groups excluding tert-OH is 1. The quantitative estimate of drug-likeness (QED) is 0.471. The summed E-state index contributed by atoms with van der Waals surface area (Å²) in [5.41, 5.74) is 0.507. The van der Waals surface area contributed by atoms with E-state index in [4.69, 9.17) is 15.9 Å². The lowest BCUT2D eigenvalue weighted by molar-refractivity contribution is 0.254. The van der Waals surface area contributed by atoms with E-state index in [-0.39, 0.29) is 36.0 Å². The van der Waals surface area contributed by atoms with E-state index in [2.05, 4.69) is 5.92 Å². The molecule has 0 aliphatic rings. The number of ether oxygens (including phenoxy) is 2. The Morgan fingerprint density at radius 3 is 2.69 bits per heavy atom. The smallest absolute Gasteiger partial charge is 0.254 e. The van der Waals surface area contributed by atoms with Crippen molar-refractivity contribution in [1.29, 1.82) is 0 Å². The zero-order valence-corrected chi connectivity index (χ0v) is 14.2. The number of hydrogen-bond acceptors (Lipinski definition) is 4. The molecule has 0 fully saturated rings. The van der Waals surface area contributed by atoms with Gasteiger partial charge in [-0.25, -0.2) is 4.39 Å². The largest absolute Gasteiger partial charge is 0.504 e. The molecule has 134 valence electrons. The number of benzene rings is 1. The number of halogens is 1. The van der Waals surface area contributed by atoms with Crippen molar-refractivity contribution in [3.63, 3.8) is 0 Å². The van der Waals surface area contributed by atoms with E-state index in [1.165, 1.54) is 36.0 Å². The summed E-state index contributed by atoms with van der Waals surface area (Å²) in [7, 11) is 1.39. The van der Waals surface area contributed by atoms with Gasteiger partial charge in [-0.05, 0) is 29.8 Å². The molecule has 1 heterocycles. The van der Waals surface area contributed by atoms with E-state index in [9.17, 15) is 14.3 Å². The number of rotatable bonds is 7. The molecule has 0 saturated heterocycles. The van der Waals surface area contributed by atoms with Gasteiger partial charge in [-0.1, -0.05) is 18.1 Å². The highest BCUT2D eigenvalue weighted by Crippen LogP contribution is 2.11. The lowest BCUT2D eigenvalue weighted by atomic mass is 10.2. The summed E-state index contributed by atoms with van der Waals surface area (Å²) in [6.07, 6.45) is 9.34. The molecule has 6 heteroatoms. The molecule has 0 bridgehead atoms. The van der Waals surface area contributed by atoms with E-state index in [0.717, 1.165) is 11.6 Å². The van der Waals surface area contributed by atoms with Crippen molar-refractivity contribution in [2.75, 3.05) is 7.11 Å². The van der Waals surface area contributed by atoms with Gasteiger partial charge in [0.05, 0.1) is 7.11 Å². The fraction of sp³-hybridized carbons (Fsp3) is 0.150. The Hall–Kier alpha value is -3.46. The second kappa shape index (κ2) is 9.14. The molecular weight excluding hydrogens is 337 g/mol. The fourth-order valence-electron chi connectivity index (χ4n) is 2.10. The Bertz CT molecular complexity index is 905. The third-order valence-electron chi connectivity index (χ3n) is 3.45. The number of aromatic nitrogens is 1. The maximum atomic E-state index is 12.9. The van der Waals surface area contributed by atoms with Crippen LogP contribution < -0.4 is 10.3 Å². The van der Waals surface area contributed by atoms with Crippen molar-refractivity contribution < 1.29 is 19.0 Å². The van der Waals surface area contributed by atoms with Gasteiger partial charge in [0, 0.05) is 24.9 Å². The predicted molar refractivity (Wildman–Crippen MR) is 96.1 cm³/mol. The predicted octanol–water partition coefficient (Wildman–Crippen LogP) is 3.17. The van der Waals surface area contributed by atoms with Crippen molar-refractivity contribution in [3.8, 4) is 18.1 Å². The topological polar surface area (TPSA) is 60.7 Å². The zero-order chi connectivity index (χ0) is 18.9. The van der Waals surface area contributed by atoms with Crippen LogP contribution in [0, 0.1) is 18.2 Å². The number of nitrogens with zero attached hydrogens (tertiary/aromatic N) is 1. The summed E-state index contributed by atoms with van der Waals surface area (Å²) in [5, 5.41) is 9.69. The van der Waals surface area contributed by atoms with Gasteiger partial charge in [0.25, 0.3) is 5.56 Å². The lowest BCUT2D eigenvalue weighted by Gasteiger charge is -2.09. The molecule has 0 saturated carbocycles. The van der Waals surface area contributed by atoms with E-state index in [0.29, 0.717) is 5.75 Å². The Balaban J connectivity index is 2.05. The molecule has 1 N–H and O–H groups in total. The van der Waals surface area contributed by atoms with Crippen LogP contribution >= 0.6 is 0 Å². The summed E-state index contributed by atoms with van der Waals surface area (Å²) in [6, 6.07) is 8.91. The number of methoxy groups -OCH3 is 1. The summed E-state index contributed by atoms with van der Waals surface area (Å²) >= 11 is 0. The first kappa shape index (κ1) is 18.9. The first-order valence-electron chi connectivity index (χ1n) is 7.71. The van der Waals surface area contributed by atoms with E-state index in [1.54, 1.807) is 24.4 Å². The maximum Gasteiger partial charge on any atom is 0.254 e. The van der Waals surface area contributed by atoms with Gasteiger partial charge in [-0.3, -0.25) is 4.79 Å². The highest BCUT2D eigenvalue weighted by Gasteiger charge is 2.04. The molecule has 0 unspecified atom stereocenters. The van der Waals surface area contributed by atoms with E-state index in [1.807, 2.05) is 0 Å². The Morgan fingerprint density at radius 1 is 1.35 bits per heavy atom. The Kier molecular flexibility index (Phi) is 6.63. The first-order chi connectivity index (χ1) is 12.5. The van der Waals surface area contributed by atoms with Gasteiger partial charge >= 0.3 is 0 Å². The van der Waals surface area contributed by atoms with Crippen LogP contribution in [0.3, 0.4) is 0 Å². The SMILES string of the molecule is C#C/C=C(O)\C(=C/Cn1ccc(OCc2ccc(F)cc2)cc1=O)OC. The van der Waals surface area contributed by atoms with Crippen LogP contribution in [0.4, 0.5) is 4.39 Å². The standard InChI is InChI=1S/C20H18FNO4/c1-3-4-18(23)19(25-2)10-12-22-11-9-17(13-20(22)24)26-14-15-5-7-16(21)8-6-15/h1,4-11,13,23H,12,14H2,2H3/b18-4+,19-10+. The van der Waals surface area contributed by atoms with Gasteiger partial charge in [-0.15, -0.1) is 6.42 Å². The van der Waals surface area contributed by atoms with Gasteiger partial charge in [0.1, 0.15) is 18.2 Å². The summed E-state index contributed by atoms with van der Waals surface area (Å²) < 4.78 is 24.8. The third-order valence-corrected chi connectivity index (χ3v) is 3.45. The second-order valence-corrected chi connectivity index (χ2v) is 5.24. The average Bonchev–Trinajstić information content (AvgIpc) is 2.63.